The Morgan fingerprint density at radius 2 is 1.50 bits per heavy atom. The molecule has 1 heterocycles. The first-order chi connectivity index (χ1) is 14.6. The molecule has 0 aliphatic carbocycles. The standard InChI is InChI=1S/C23H19BrN2O4/c24-17-9-5-16(6-10-17)23(28)26-18-11-7-15(8-12-18)22(27)25-13-19-14-29-20-3-1-2-4-21(20)30-19/h1-12,19H,13-14H2,(H,25,27)(H,26,28). The lowest BCUT2D eigenvalue weighted by molar-refractivity contribution is 0.0789. The second-order valence-electron chi connectivity index (χ2n) is 6.75. The van der Waals surface area contributed by atoms with Crippen LogP contribution < -0.4 is 20.1 Å². The molecule has 0 spiro atoms. The number of fused-ring (bicyclic) bond motifs is 1. The van der Waals surface area contributed by atoms with E-state index >= 15 is 0 Å². The van der Waals surface area contributed by atoms with Crippen LogP contribution in [0.4, 0.5) is 5.69 Å². The summed E-state index contributed by atoms with van der Waals surface area (Å²) in [6, 6.07) is 21.3. The summed E-state index contributed by atoms with van der Waals surface area (Å²) in [6.45, 7) is 0.702. The first-order valence-corrected chi connectivity index (χ1v) is 10.2. The third-order valence-electron chi connectivity index (χ3n) is 4.57. The van der Waals surface area contributed by atoms with Gasteiger partial charge in [0, 0.05) is 21.3 Å². The van der Waals surface area contributed by atoms with Gasteiger partial charge in [-0.15, -0.1) is 0 Å². The Hall–Kier alpha value is -3.32. The lowest BCUT2D eigenvalue weighted by Gasteiger charge is -2.26. The average molecular weight is 467 g/mol. The van der Waals surface area contributed by atoms with Crippen molar-refractivity contribution in [3.63, 3.8) is 0 Å². The van der Waals surface area contributed by atoms with Gasteiger partial charge in [0.1, 0.15) is 12.7 Å². The molecular formula is C23H19BrN2O4. The van der Waals surface area contributed by atoms with Crippen LogP contribution in [0.25, 0.3) is 0 Å². The van der Waals surface area contributed by atoms with Gasteiger partial charge in [0.15, 0.2) is 11.5 Å². The maximum absolute atomic E-state index is 12.4. The molecule has 1 aliphatic rings. The largest absolute Gasteiger partial charge is 0.486 e. The van der Waals surface area contributed by atoms with E-state index < -0.39 is 0 Å². The van der Waals surface area contributed by atoms with Crippen LogP contribution in [0.1, 0.15) is 20.7 Å². The number of benzene rings is 3. The molecule has 1 atom stereocenters. The number of carbonyl (C=O) groups excluding carboxylic acids is 2. The first kappa shape index (κ1) is 20.0. The van der Waals surface area contributed by atoms with E-state index in [9.17, 15) is 9.59 Å². The highest BCUT2D eigenvalue weighted by Gasteiger charge is 2.21. The summed E-state index contributed by atoms with van der Waals surface area (Å²) in [4.78, 5) is 24.7. The van der Waals surface area contributed by atoms with Crippen LogP contribution in [-0.2, 0) is 0 Å². The van der Waals surface area contributed by atoms with Crippen molar-refractivity contribution in [2.24, 2.45) is 0 Å². The average Bonchev–Trinajstić information content (AvgIpc) is 2.78. The highest BCUT2D eigenvalue weighted by Crippen LogP contribution is 2.30. The van der Waals surface area contributed by atoms with Crippen LogP contribution in [0.2, 0.25) is 0 Å². The van der Waals surface area contributed by atoms with Crippen molar-refractivity contribution in [3.8, 4) is 11.5 Å². The molecule has 7 heteroatoms. The predicted molar refractivity (Wildman–Crippen MR) is 117 cm³/mol. The number of hydrogen-bond acceptors (Lipinski definition) is 4. The van der Waals surface area contributed by atoms with E-state index in [0.29, 0.717) is 41.5 Å². The lowest BCUT2D eigenvalue weighted by Crippen LogP contribution is -2.40. The molecule has 3 aromatic carbocycles. The lowest BCUT2D eigenvalue weighted by atomic mass is 10.1. The van der Waals surface area contributed by atoms with Gasteiger partial charge in [0.25, 0.3) is 11.8 Å². The molecule has 3 aromatic rings. The van der Waals surface area contributed by atoms with Crippen molar-refractivity contribution in [1.29, 1.82) is 0 Å². The Morgan fingerprint density at radius 3 is 2.23 bits per heavy atom. The van der Waals surface area contributed by atoms with E-state index in [4.69, 9.17) is 9.47 Å². The molecule has 0 fully saturated rings. The molecular weight excluding hydrogens is 448 g/mol. The van der Waals surface area contributed by atoms with Crippen molar-refractivity contribution < 1.29 is 19.1 Å². The smallest absolute Gasteiger partial charge is 0.255 e. The summed E-state index contributed by atoms with van der Waals surface area (Å²) in [5.74, 6) is 0.951. The minimum atomic E-state index is -0.256. The third-order valence-corrected chi connectivity index (χ3v) is 5.10. The highest BCUT2D eigenvalue weighted by atomic mass is 79.9. The summed E-state index contributed by atoms with van der Waals surface area (Å²) < 4.78 is 12.4. The van der Waals surface area contributed by atoms with Gasteiger partial charge < -0.3 is 20.1 Å². The van der Waals surface area contributed by atoms with Crippen molar-refractivity contribution in [2.75, 3.05) is 18.5 Å². The normalized spacial score (nSPS) is 14.6. The van der Waals surface area contributed by atoms with Crippen LogP contribution in [0, 0.1) is 0 Å². The summed E-state index contributed by atoms with van der Waals surface area (Å²) in [5.41, 5.74) is 1.66. The zero-order chi connectivity index (χ0) is 20.9. The van der Waals surface area contributed by atoms with Gasteiger partial charge in [-0.1, -0.05) is 28.1 Å². The molecule has 6 nitrogen and oxygen atoms in total. The van der Waals surface area contributed by atoms with Crippen molar-refractivity contribution in [2.45, 2.75) is 6.10 Å². The Labute approximate surface area is 182 Å². The molecule has 0 aromatic heterocycles. The van der Waals surface area contributed by atoms with Crippen LogP contribution in [0.15, 0.2) is 77.3 Å². The fourth-order valence-corrected chi connectivity index (χ4v) is 3.25. The number of hydrogen-bond donors (Lipinski definition) is 2. The monoisotopic (exact) mass is 466 g/mol. The number of rotatable bonds is 5. The molecule has 0 saturated carbocycles. The van der Waals surface area contributed by atoms with Gasteiger partial charge in [0.05, 0.1) is 6.54 Å². The van der Waals surface area contributed by atoms with Gasteiger partial charge in [0.2, 0.25) is 0 Å². The maximum Gasteiger partial charge on any atom is 0.255 e. The molecule has 0 saturated heterocycles. The van der Waals surface area contributed by atoms with Gasteiger partial charge in [-0.25, -0.2) is 0 Å². The number of nitrogens with one attached hydrogen (secondary N) is 2. The minimum absolute atomic E-state index is 0.213. The molecule has 1 aliphatic heterocycles. The summed E-state index contributed by atoms with van der Waals surface area (Å²) in [5, 5.41) is 5.67. The zero-order valence-electron chi connectivity index (χ0n) is 15.9. The van der Waals surface area contributed by atoms with Gasteiger partial charge in [-0.3, -0.25) is 9.59 Å². The second-order valence-corrected chi connectivity index (χ2v) is 7.66. The molecule has 2 amide bonds. The number of carbonyl (C=O) groups is 2. The predicted octanol–water partition coefficient (Wildman–Crippen LogP) is 4.27. The molecule has 30 heavy (non-hydrogen) atoms. The Balaban J connectivity index is 1.30. The van der Waals surface area contributed by atoms with E-state index in [1.807, 2.05) is 36.4 Å². The second kappa shape index (κ2) is 9.00. The molecule has 4 rings (SSSR count). The van der Waals surface area contributed by atoms with Crippen LogP contribution in [0.3, 0.4) is 0 Å². The number of anilines is 1. The van der Waals surface area contributed by atoms with E-state index in [1.54, 1.807) is 36.4 Å². The van der Waals surface area contributed by atoms with Crippen molar-refractivity contribution in [3.05, 3.63) is 88.4 Å². The fraction of sp³-hybridized carbons (Fsp3) is 0.130. The van der Waals surface area contributed by atoms with Crippen molar-refractivity contribution >= 4 is 33.4 Å². The summed E-state index contributed by atoms with van der Waals surface area (Å²) >= 11 is 3.34. The number of ether oxygens (including phenoxy) is 2. The summed E-state index contributed by atoms with van der Waals surface area (Å²) in [7, 11) is 0. The van der Waals surface area contributed by atoms with E-state index in [-0.39, 0.29) is 17.9 Å². The van der Waals surface area contributed by atoms with E-state index in [2.05, 4.69) is 26.6 Å². The SMILES string of the molecule is O=C(NCC1COc2ccccc2O1)c1ccc(NC(=O)c2ccc(Br)cc2)cc1. The number of halogens is 1. The Bertz CT molecular complexity index is 1050. The molecule has 1 unspecified atom stereocenters. The van der Waals surface area contributed by atoms with Crippen LogP contribution in [-0.4, -0.2) is 31.1 Å². The molecule has 2 N–H and O–H groups in total. The molecule has 0 bridgehead atoms. The minimum Gasteiger partial charge on any atom is -0.486 e. The van der Waals surface area contributed by atoms with E-state index in [0.717, 1.165) is 4.47 Å². The molecule has 152 valence electrons. The topological polar surface area (TPSA) is 76.7 Å². The number of para-hydroxylation sites is 2. The van der Waals surface area contributed by atoms with Crippen LogP contribution in [0.5, 0.6) is 11.5 Å². The van der Waals surface area contributed by atoms with Crippen LogP contribution >= 0.6 is 15.9 Å². The Morgan fingerprint density at radius 1 is 0.867 bits per heavy atom. The maximum atomic E-state index is 12.4. The number of amides is 2. The fourth-order valence-electron chi connectivity index (χ4n) is 2.98. The van der Waals surface area contributed by atoms with Gasteiger partial charge >= 0.3 is 0 Å². The van der Waals surface area contributed by atoms with Gasteiger partial charge in [-0.2, -0.15) is 0 Å². The highest BCUT2D eigenvalue weighted by molar-refractivity contribution is 9.10. The Kier molecular flexibility index (Phi) is 5.99. The van der Waals surface area contributed by atoms with Gasteiger partial charge in [-0.05, 0) is 60.7 Å². The summed E-state index contributed by atoms with van der Waals surface area (Å²) in [6.07, 6.45) is -0.256. The third kappa shape index (κ3) is 4.80. The zero-order valence-corrected chi connectivity index (χ0v) is 17.5. The van der Waals surface area contributed by atoms with E-state index in [1.165, 1.54) is 0 Å². The first-order valence-electron chi connectivity index (χ1n) is 9.42. The van der Waals surface area contributed by atoms with Crippen molar-refractivity contribution in [1.82, 2.24) is 5.32 Å². The quantitative estimate of drug-likeness (QED) is 0.588. The molecule has 0 radical (unpaired) electrons.